The SMILES string of the molecule is C.N#Cc1ccc(Oc2ccc(C(F)(F)C(O)(Cn3cncn3)c3ccc(F)cc3F)nc2)cc1.N#Cc1ccc(Oc2ccc(C(F)(F)C3(c4ccc(F)cc4F)CO3)nc2)cc1.[2HH]. The van der Waals surface area contributed by atoms with Crippen molar-refractivity contribution >= 4 is 0 Å². The van der Waals surface area contributed by atoms with Gasteiger partial charge in [0, 0.05) is 24.7 Å². The van der Waals surface area contributed by atoms with E-state index in [1.54, 1.807) is 24.3 Å². The monoisotopic (exact) mass is 888 g/mol. The molecule has 8 rings (SSSR count). The van der Waals surface area contributed by atoms with Crippen LogP contribution in [0.5, 0.6) is 23.0 Å². The van der Waals surface area contributed by atoms with Crippen molar-refractivity contribution in [3.8, 4) is 35.1 Å². The predicted octanol–water partition coefficient (Wildman–Crippen LogP) is 10.2. The van der Waals surface area contributed by atoms with Gasteiger partial charge in [0.05, 0.1) is 48.8 Å². The van der Waals surface area contributed by atoms with Crippen molar-refractivity contribution in [1.29, 1.82) is 10.5 Å². The number of nitriles is 2. The highest BCUT2D eigenvalue weighted by Crippen LogP contribution is 2.56. The zero-order chi connectivity index (χ0) is 45.0. The molecule has 4 heterocycles. The molecule has 0 saturated carbocycles. The number of hydrogen-bond acceptors (Lipinski definition) is 10. The Morgan fingerprint density at radius 1 is 0.703 bits per heavy atom. The Morgan fingerprint density at radius 3 is 1.64 bits per heavy atom. The maximum absolute atomic E-state index is 15.7. The van der Waals surface area contributed by atoms with Crippen LogP contribution in [0.15, 0.2) is 134 Å². The number of epoxide rings is 1. The Hall–Kier alpha value is -7.74. The lowest BCUT2D eigenvalue weighted by Crippen LogP contribution is -2.48. The van der Waals surface area contributed by atoms with Gasteiger partial charge in [-0.25, -0.2) is 27.2 Å². The highest BCUT2D eigenvalue weighted by atomic mass is 19.3. The molecule has 0 aliphatic carbocycles. The van der Waals surface area contributed by atoms with E-state index in [4.69, 9.17) is 24.7 Å². The number of ether oxygens (including phenoxy) is 3. The van der Waals surface area contributed by atoms with Crippen molar-refractivity contribution in [2.24, 2.45) is 0 Å². The smallest absolute Gasteiger partial charge is 0.324 e. The fourth-order valence-electron chi connectivity index (χ4n) is 6.26. The van der Waals surface area contributed by atoms with Gasteiger partial charge in [0.1, 0.15) is 70.3 Å². The lowest BCUT2D eigenvalue weighted by Gasteiger charge is -2.36. The lowest BCUT2D eigenvalue weighted by atomic mass is 9.84. The molecule has 1 aliphatic rings. The van der Waals surface area contributed by atoms with Crippen LogP contribution in [-0.2, 0) is 34.3 Å². The second kappa shape index (κ2) is 18.3. The second-order valence-corrected chi connectivity index (χ2v) is 13.7. The van der Waals surface area contributed by atoms with Gasteiger partial charge in [0.2, 0.25) is 0 Å². The van der Waals surface area contributed by atoms with Gasteiger partial charge >= 0.3 is 11.8 Å². The van der Waals surface area contributed by atoms with Gasteiger partial charge in [-0.3, -0.25) is 9.97 Å². The zero-order valence-electron chi connectivity index (χ0n) is 31.9. The Balaban J connectivity index is 0.000000239. The van der Waals surface area contributed by atoms with E-state index in [9.17, 15) is 22.7 Å². The summed E-state index contributed by atoms with van der Waals surface area (Å²) in [5.41, 5.74) is -7.34. The molecule has 7 aromatic rings. The Morgan fingerprint density at radius 2 is 1.20 bits per heavy atom. The Kier molecular flexibility index (Phi) is 13.1. The standard InChI is InChI=1S/C23H15F4N5O2.C21H12F4N2O2.CH4.H2/c24-16-3-7-19(20(25)9-16)22(33,12-32-14-29-13-31-32)23(26,27)21-8-6-18(11-30-21)34-17-4-1-15(10-28)2-5-17;22-14-3-7-17(18(23)9-14)20(12-28-20)21(24,25)19-8-6-16(11-27-19)29-15-4-1-13(10-26)2-5-15;;/h1-9,11,13-14,33H,12H2;1-9,11H,12H2;1H4;1H/i;;;1+1. The highest BCUT2D eigenvalue weighted by molar-refractivity contribution is 5.40. The van der Waals surface area contributed by atoms with Crippen LogP contribution in [0.4, 0.5) is 35.1 Å². The van der Waals surface area contributed by atoms with E-state index in [-0.39, 0.29) is 20.4 Å². The summed E-state index contributed by atoms with van der Waals surface area (Å²) >= 11 is 0. The topological polar surface area (TPSA) is 155 Å². The molecule has 328 valence electrons. The van der Waals surface area contributed by atoms with E-state index in [0.29, 0.717) is 34.8 Å². The summed E-state index contributed by atoms with van der Waals surface area (Å²) < 4.78 is 134. The number of pyridine rings is 2. The maximum Gasteiger partial charge on any atom is 0.324 e. The quantitative estimate of drug-likeness (QED) is 0.0926. The van der Waals surface area contributed by atoms with Crippen LogP contribution >= 0.6 is 0 Å². The molecule has 3 aromatic heterocycles. The van der Waals surface area contributed by atoms with Crippen LogP contribution in [-0.4, -0.2) is 36.4 Å². The summed E-state index contributed by atoms with van der Waals surface area (Å²) in [6, 6.07) is 25.0. The summed E-state index contributed by atoms with van der Waals surface area (Å²) in [7, 11) is 0. The molecular formula is C45H33F8N7O4. The minimum Gasteiger partial charge on any atom is -0.456 e. The van der Waals surface area contributed by atoms with E-state index < -0.39 is 82.0 Å². The molecule has 0 spiro atoms. The molecule has 4 aromatic carbocycles. The zero-order valence-corrected chi connectivity index (χ0v) is 31.9. The largest absolute Gasteiger partial charge is 0.456 e. The molecule has 0 bridgehead atoms. The molecule has 0 radical (unpaired) electrons. The number of alkyl halides is 4. The number of halogens is 8. The Labute approximate surface area is 360 Å². The van der Waals surface area contributed by atoms with Gasteiger partial charge in [0.25, 0.3) is 0 Å². The van der Waals surface area contributed by atoms with Crippen LogP contribution in [0.1, 0.15) is 42.5 Å². The first kappa shape index (κ1) is 45.8. The lowest BCUT2D eigenvalue weighted by molar-refractivity contribution is -0.207. The minimum atomic E-state index is -4.15. The molecular weight excluding hydrogens is 855 g/mol. The third-order valence-electron chi connectivity index (χ3n) is 9.61. The van der Waals surface area contributed by atoms with Crippen molar-refractivity contribution in [3.05, 3.63) is 191 Å². The van der Waals surface area contributed by atoms with Gasteiger partial charge in [-0.2, -0.15) is 33.2 Å². The minimum absolute atomic E-state index is 0. The number of rotatable bonds is 12. The molecule has 64 heavy (non-hydrogen) atoms. The van der Waals surface area contributed by atoms with Gasteiger partial charge < -0.3 is 19.3 Å². The van der Waals surface area contributed by atoms with Gasteiger partial charge in [0.15, 0.2) is 11.2 Å². The molecule has 1 N–H and O–H groups in total. The van der Waals surface area contributed by atoms with E-state index >= 15 is 17.6 Å². The Bertz CT molecular complexity index is 2810. The van der Waals surface area contributed by atoms with Crippen molar-refractivity contribution < 1.29 is 55.9 Å². The second-order valence-electron chi connectivity index (χ2n) is 13.7. The summed E-state index contributed by atoms with van der Waals surface area (Å²) in [5, 5.41) is 32.5. The fourth-order valence-corrected chi connectivity index (χ4v) is 6.26. The van der Waals surface area contributed by atoms with Crippen molar-refractivity contribution in [3.63, 3.8) is 0 Å². The van der Waals surface area contributed by atoms with Gasteiger partial charge in [-0.1, -0.05) is 7.43 Å². The first-order valence-electron chi connectivity index (χ1n) is 18.2. The van der Waals surface area contributed by atoms with E-state index in [2.05, 4.69) is 20.1 Å². The van der Waals surface area contributed by atoms with Crippen LogP contribution in [0, 0.1) is 45.9 Å². The normalized spacial score (nSPS) is 15.2. The van der Waals surface area contributed by atoms with Gasteiger partial charge in [-0.15, -0.1) is 0 Å². The number of aliphatic hydroxyl groups is 1. The summed E-state index contributed by atoms with van der Waals surface area (Å²) in [6.45, 7) is -1.32. The number of aromatic nitrogens is 5. The van der Waals surface area contributed by atoms with Crippen LogP contribution in [0.2, 0.25) is 0 Å². The number of nitrogens with zero attached hydrogens (tertiary/aromatic N) is 7. The molecule has 2 unspecified atom stereocenters. The molecule has 2 atom stereocenters. The van der Waals surface area contributed by atoms with E-state index in [1.165, 1.54) is 36.4 Å². The predicted molar refractivity (Wildman–Crippen MR) is 212 cm³/mol. The highest BCUT2D eigenvalue weighted by Gasteiger charge is 2.68. The molecule has 0 amide bonds. The summed E-state index contributed by atoms with van der Waals surface area (Å²) in [5.74, 6) is -11.1. The third-order valence-corrected chi connectivity index (χ3v) is 9.61. The van der Waals surface area contributed by atoms with Crippen molar-refractivity contribution in [2.45, 2.75) is 37.0 Å². The van der Waals surface area contributed by atoms with Crippen molar-refractivity contribution in [2.75, 3.05) is 6.61 Å². The average Bonchev–Trinajstić information content (AvgIpc) is 3.93. The van der Waals surface area contributed by atoms with Crippen LogP contribution < -0.4 is 9.47 Å². The molecule has 11 nitrogen and oxygen atoms in total. The average molecular weight is 889 g/mol. The molecule has 19 heteroatoms. The van der Waals surface area contributed by atoms with Crippen molar-refractivity contribution in [1.82, 2.24) is 24.7 Å². The summed E-state index contributed by atoms with van der Waals surface area (Å²) in [4.78, 5) is 11.1. The third kappa shape index (κ3) is 9.21. The maximum atomic E-state index is 15.7. The molecule has 1 saturated heterocycles. The van der Waals surface area contributed by atoms with E-state index in [1.807, 2.05) is 12.1 Å². The molecule has 1 aliphatic heterocycles. The first-order chi connectivity index (χ1) is 30.1. The van der Waals surface area contributed by atoms with Crippen LogP contribution in [0.25, 0.3) is 0 Å². The number of hydrogen-bond donors (Lipinski definition) is 1. The fraction of sp³-hybridized carbons (Fsp3) is 0.156. The molecule has 1 fully saturated rings. The number of benzene rings is 4. The van der Waals surface area contributed by atoms with E-state index in [0.717, 1.165) is 66.1 Å². The van der Waals surface area contributed by atoms with Gasteiger partial charge in [-0.05, 0) is 97.1 Å². The first-order valence-corrected chi connectivity index (χ1v) is 18.2. The van der Waals surface area contributed by atoms with Crippen LogP contribution in [0.3, 0.4) is 0 Å². The summed E-state index contributed by atoms with van der Waals surface area (Å²) in [6.07, 6.45) is 4.26.